The second kappa shape index (κ2) is 8.28. The zero-order valence-electron chi connectivity index (χ0n) is 5.35. The van der Waals surface area contributed by atoms with Gasteiger partial charge >= 0.3 is 58.2 Å². The minimum absolute atomic E-state index is 0. The van der Waals surface area contributed by atoms with E-state index in [-0.39, 0.29) is 31.0 Å². The van der Waals surface area contributed by atoms with E-state index in [4.69, 9.17) is 25.8 Å². The van der Waals surface area contributed by atoms with Crippen LogP contribution in [0.15, 0.2) is 5.34 Å². The molecular formula is H3MnNNaO6. The van der Waals surface area contributed by atoms with Gasteiger partial charge in [0.25, 0.3) is 0 Å². The van der Waals surface area contributed by atoms with Crippen molar-refractivity contribution in [2.45, 2.75) is 0 Å². The standard InChI is InChI=1S/Mn.HNO2.Na.H2O.3O.H/c;2-1-3;;;;;;/h;(H,2,3);;1H2;;;;/q+1;;+1;;;;;-1/p-1. The quantitative estimate of drug-likeness (QED) is 0.231. The summed E-state index contributed by atoms with van der Waals surface area (Å²) in [5.41, 5.74) is 0. The van der Waals surface area contributed by atoms with Crippen molar-refractivity contribution in [2.24, 2.45) is 5.34 Å². The summed E-state index contributed by atoms with van der Waals surface area (Å²) in [7, 11) is 0. The van der Waals surface area contributed by atoms with Crippen LogP contribution in [0, 0.1) is 4.91 Å². The molecule has 0 saturated heterocycles. The summed E-state index contributed by atoms with van der Waals surface area (Å²) in [5, 5.41) is 7.89. The molecule has 52 valence electrons. The van der Waals surface area contributed by atoms with Gasteiger partial charge in [-0.1, -0.05) is 0 Å². The summed E-state index contributed by atoms with van der Waals surface area (Å²) < 4.78 is 33.1. The van der Waals surface area contributed by atoms with E-state index in [9.17, 15) is 0 Å². The molecule has 0 amide bonds. The third kappa shape index (κ3) is 4180. The number of nitrogens with zero attached hydrogens (tertiary/aromatic N) is 1. The Bertz CT molecular complexity index is 173. The first-order valence-corrected chi connectivity index (χ1v) is 2.99. The second-order valence-electron chi connectivity index (χ2n) is 0.478. The van der Waals surface area contributed by atoms with Crippen LogP contribution >= 0.6 is 0 Å². The zero-order chi connectivity index (χ0) is 7.21. The molecule has 9 heteroatoms. The molecule has 0 spiro atoms. The van der Waals surface area contributed by atoms with Crippen molar-refractivity contribution in [2.75, 3.05) is 0 Å². The molecule has 0 aromatic rings. The molecule has 9 heavy (non-hydrogen) atoms. The maximum absolute atomic E-state index is 8.69. The Balaban J connectivity index is -0.0000000326. The van der Waals surface area contributed by atoms with Crippen molar-refractivity contribution in [1.29, 1.82) is 0 Å². The van der Waals surface area contributed by atoms with Crippen molar-refractivity contribution in [3.8, 4) is 0 Å². The monoisotopic (exact) mass is 191 g/mol. The summed E-state index contributed by atoms with van der Waals surface area (Å²) >= 11 is -5.38. The average Bonchev–Trinajstić information content (AvgIpc) is 1.27. The van der Waals surface area contributed by atoms with Crippen LogP contribution in [0.4, 0.5) is 0 Å². The first-order chi connectivity index (χ1) is 3.41. The molecule has 0 rings (SSSR count). The molecule has 0 aromatic heterocycles. The van der Waals surface area contributed by atoms with Crippen LogP contribution < -0.4 is 29.6 Å². The Hall–Kier alpha value is 0.279. The second-order valence-corrected chi connectivity index (χ2v) is 1.71. The SMILES string of the molecule is O=NO.[H-].[Na+].[O]=[Mn](=[O])(=[O])[OH]. The van der Waals surface area contributed by atoms with E-state index in [0.29, 0.717) is 0 Å². The summed E-state index contributed by atoms with van der Waals surface area (Å²) in [6.07, 6.45) is 0. The van der Waals surface area contributed by atoms with Crippen molar-refractivity contribution in [1.82, 2.24) is 0 Å². The van der Waals surface area contributed by atoms with Gasteiger partial charge in [0.05, 0.1) is 0 Å². The molecule has 2 N–H and O–H groups in total. The van der Waals surface area contributed by atoms with Crippen LogP contribution in [0.1, 0.15) is 1.43 Å². The molecule has 0 aliphatic carbocycles. The molecule has 0 radical (unpaired) electrons. The molecule has 0 fully saturated rings. The fraction of sp³-hybridized carbons (Fsp3) is 0. The Kier molecular flexibility index (Phi) is 14.8. The molecule has 0 unspecified atom stereocenters. The minimum atomic E-state index is -5.38. The molecule has 0 heterocycles. The molecule has 0 bridgehead atoms. The van der Waals surface area contributed by atoms with E-state index in [1.54, 1.807) is 0 Å². The molecule has 0 aliphatic heterocycles. The van der Waals surface area contributed by atoms with E-state index < -0.39 is 13.0 Å². The summed E-state index contributed by atoms with van der Waals surface area (Å²) in [4.78, 5) is 8.11. The molecule has 0 aromatic carbocycles. The van der Waals surface area contributed by atoms with Crippen LogP contribution in [0.25, 0.3) is 0 Å². The first-order valence-electron chi connectivity index (χ1n) is 1.01. The first kappa shape index (κ1) is 16.1. The summed E-state index contributed by atoms with van der Waals surface area (Å²) in [6.45, 7) is 0. The average molecular weight is 191 g/mol. The number of hydrogen-bond donors (Lipinski definition) is 2. The predicted molar refractivity (Wildman–Crippen MR) is 13.0 cm³/mol. The van der Waals surface area contributed by atoms with Gasteiger partial charge in [0.1, 0.15) is 0 Å². The van der Waals surface area contributed by atoms with Gasteiger partial charge in [0.2, 0.25) is 0 Å². The van der Waals surface area contributed by atoms with Gasteiger partial charge in [0, 0.05) is 0 Å². The Morgan fingerprint density at radius 3 is 1.33 bits per heavy atom. The third-order valence-electron chi connectivity index (χ3n) is 0. The normalized spacial score (nSPS) is 7.67. The van der Waals surface area contributed by atoms with Crippen LogP contribution in [0.5, 0.6) is 0 Å². The fourth-order valence-electron chi connectivity index (χ4n) is 0. The number of hydrogen-bond acceptors (Lipinski definition) is 5. The summed E-state index contributed by atoms with van der Waals surface area (Å²) in [5.74, 6) is 0. The van der Waals surface area contributed by atoms with Crippen molar-refractivity contribution >= 4 is 0 Å². The van der Waals surface area contributed by atoms with Gasteiger partial charge in [0.15, 0.2) is 5.34 Å². The van der Waals surface area contributed by atoms with Crippen LogP contribution in [-0.4, -0.2) is 9.40 Å². The molecule has 7 nitrogen and oxygen atoms in total. The van der Waals surface area contributed by atoms with Gasteiger partial charge < -0.3 is 6.63 Å². The molecule has 0 atom stereocenters. The van der Waals surface area contributed by atoms with Crippen molar-refractivity contribution in [3.63, 3.8) is 0 Å². The predicted octanol–water partition coefficient (Wildman–Crippen LogP) is -3.66. The summed E-state index contributed by atoms with van der Waals surface area (Å²) in [6, 6.07) is 0. The van der Waals surface area contributed by atoms with E-state index in [1.165, 1.54) is 5.34 Å². The zero-order valence-corrected chi connectivity index (χ0v) is 7.53. The van der Waals surface area contributed by atoms with Gasteiger partial charge in [-0.3, -0.25) is 0 Å². The van der Waals surface area contributed by atoms with Crippen molar-refractivity contribution in [3.05, 3.63) is 4.91 Å². The fourth-order valence-corrected chi connectivity index (χ4v) is 0. The van der Waals surface area contributed by atoms with Crippen LogP contribution in [0.2, 0.25) is 0 Å². The Morgan fingerprint density at radius 2 is 1.33 bits per heavy atom. The van der Waals surface area contributed by atoms with E-state index in [1.807, 2.05) is 0 Å². The maximum atomic E-state index is 8.69. The van der Waals surface area contributed by atoms with Gasteiger partial charge in [-0.2, -0.15) is 0 Å². The van der Waals surface area contributed by atoms with Crippen molar-refractivity contribution < 1.29 is 64.9 Å². The van der Waals surface area contributed by atoms with Crippen LogP contribution in [0.3, 0.4) is 0 Å². The number of rotatable bonds is 0. The molecular weight excluding hydrogens is 188 g/mol. The van der Waals surface area contributed by atoms with E-state index in [2.05, 4.69) is 0 Å². The van der Waals surface area contributed by atoms with Gasteiger partial charge in [-0.25, -0.2) is 0 Å². The van der Waals surface area contributed by atoms with Crippen LogP contribution in [-0.2, 0) is 24.5 Å². The van der Waals surface area contributed by atoms with Gasteiger partial charge in [-0.05, 0) is 0 Å². The van der Waals surface area contributed by atoms with E-state index >= 15 is 0 Å². The van der Waals surface area contributed by atoms with Gasteiger partial charge in [-0.15, -0.1) is 4.91 Å². The Labute approximate surface area is 74.9 Å². The molecule has 0 saturated carbocycles. The van der Waals surface area contributed by atoms with E-state index in [0.717, 1.165) is 0 Å². The molecule has 0 aliphatic rings. The third-order valence-corrected chi connectivity index (χ3v) is 0. The topological polar surface area (TPSA) is 121 Å². The Morgan fingerprint density at radius 1 is 1.33 bits per heavy atom.